The maximum Gasteiger partial charge on any atom is 0.410 e. The molecule has 1 saturated heterocycles. The highest BCUT2D eigenvalue weighted by Crippen LogP contribution is 2.33. The van der Waals surface area contributed by atoms with Crippen molar-refractivity contribution in [2.45, 2.75) is 38.3 Å². The molecule has 1 aliphatic heterocycles. The standard InChI is InChI=1S/C26H26N4O4S/c31-23(18-11-12-18)28-20-9-4-8-19(14-20)22-15-27-25(35-22)29-24(32)21-10-5-13-30(21)26(33)34-16-17-6-2-1-3-7-17/h1-4,6-9,14-15,18,21H,5,10-13,16H2,(H,28,31)(H,27,29,32)/t21-/m0/s1. The average Bonchev–Trinajstić information content (AvgIpc) is 3.42. The summed E-state index contributed by atoms with van der Waals surface area (Å²) in [6.07, 6.45) is 4.42. The van der Waals surface area contributed by atoms with Gasteiger partial charge in [0, 0.05) is 24.3 Å². The number of benzene rings is 2. The molecule has 180 valence electrons. The van der Waals surface area contributed by atoms with Crippen molar-refractivity contribution in [2.75, 3.05) is 17.2 Å². The second kappa shape index (κ2) is 10.3. The van der Waals surface area contributed by atoms with Gasteiger partial charge in [0.25, 0.3) is 0 Å². The van der Waals surface area contributed by atoms with E-state index in [0.717, 1.165) is 41.0 Å². The van der Waals surface area contributed by atoms with E-state index in [9.17, 15) is 14.4 Å². The Morgan fingerprint density at radius 2 is 1.83 bits per heavy atom. The summed E-state index contributed by atoms with van der Waals surface area (Å²) in [6.45, 7) is 0.648. The van der Waals surface area contributed by atoms with Crippen molar-refractivity contribution in [2.24, 2.45) is 5.92 Å². The van der Waals surface area contributed by atoms with Gasteiger partial charge in [0.05, 0.1) is 4.88 Å². The van der Waals surface area contributed by atoms with Crippen LogP contribution in [0.1, 0.15) is 31.2 Å². The molecule has 35 heavy (non-hydrogen) atoms. The SMILES string of the molecule is O=C(Nc1cccc(-c2cnc(NC(=O)[C@@H]3CCCN3C(=O)OCc3ccccc3)s2)c1)C1CC1. The molecule has 2 aliphatic rings. The topological polar surface area (TPSA) is 101 Å². The molecule has 1 saturated carbocycles. The van der Waals surface area contributed by atoms with E-state index in [1.54, 1.807) is 6.20 Å². The highest BCUT2D eigenvalue weighted by molar-refractivity contribution is 7.19. The Bertz CT molecular complexity index is 1220. The maximum absolute atomic E-state index is 13.0. The van der Waals surface area contributed by atoms with Gasteiger partial charge in [0.1, 0.15) is 12.6 Å². The molecule has 0 unspecified atom stereocenters. The monoisotopic (exact) mass is 490 g/mol. The number of carbonyl (C=O) groups is 3. The van der Waals surface area contributed by atoms with Crippen molar-refractivity contribution in [3.05, 3.63) is 66.4 Å². The lowest BCUT2D eigenvalue weighted by molar-refractivity contribution is -0.120. The predicted octanol–water partition coefficient (Wildman–Crippen LogP) is 4.90. The molecule has 0 bridgehead atoms. The van der Waals surface area contributed by atoms with Crippen LogP contribution in [0.3, 0.4) is 0 Å². The zero-order chi connectivity index (χ0) is 24.2. The largest absolute Gasteiger partial charge is 0.445 e. The molecule has 1 aromatic heterocycles. The number of amides is 3. The number of nitrogens with zero attached hydrogens (tertiary/aromatic N) is 2. The second-order valence-corrected chi connectivity index (χ2v) is 9.79. The Hall–Kier alpha value is -3.72. The van der Waals surface area contributed by atoms with Crippen LogP contribution in [0.25, 0.3) is 10.4 Å². The quantitative estimate of drug-likeness (QED) is 0.491. The van der Waals surface area contributed by atoms with Crippen LogP contribution in [0.2, 0.25) is 0 Å². The summed E-state index contributed by atoms with van der Waals surface area (Å²) in [5.74, 6) is -0.0806. The fourth-order valence-electron chi connectivity index (χ4n) is 4.05. The van der Waals surface area contributed by atoms with Crippen molar-refractivity contribution in [3.8, 4) is 10.4 Å². The molecule has 1 aliphatic carbocycles. The van der Waals surface area contributed by atoms with Gasteiger partial charge < -0.3 is 15.4 Å². The first-order valence-electron chi connectivity index (χ1n) is 11.7. The molecular weight excluding hydrogens is 464 g/mol. The van der Waals surface area contributed by atoms with Crippen molar-refractivity contribution in [1.29, 1.82) is 0 Å². The summed E-state index contributed by atoms with van der Waals surface area (Å²) in [7, 11) is 0. The molecule has 2 heterocycles. The molecular formula is C26H26N4O4S. The van der Waals surface area contributed by atoms with E-state index in [2.05, 4.69) is 15.6 Å². The fourth-order valence-corrected chi connectivity index (χ4v) is 4.87. The molecule has 2 aromatic carbocycles. The van der Waals surface area contributed by atoms with E-state index >= 15 is 0 Å². The van der Waals surface area contributed by atoms with E-state index in [-0.39, 0.29) is 24.3 Å². The summed E-state index contributed by atoms with van der Waals surface area (Å²) in [5, 5.41) is 6.26. The van der Waals surface area contributed by atoms with Crippen LogP contribution in [0.15, 0.2) is 60.8 Å². The minimum atomic E-state index is -0.591. The maximum atomic E-state index is 13.0. The van der Waals surface area contributed by atoms with Gasteiger partial charge in [-0.25, -0.2) is 9.78 Å². The lowest BCUT2D eigenvalue weighted by Gasteiger charge is -2.22. The van der Waals surface area contributed by atoms with Gasteiger partial charge in [0.2, 0.25) is 11.8 Å². The van der Waals surface area contributed by atoms with Crippen LogP contribution in [-0.4, -0.2) is 40.4 Å². The Morgan fingerprint density at radius 1 is 1.00 bits per heavy atom. The lowest BCUT2D eigenvalue weighted by atomic mass is 10.2. The summed E-state index contributed by atoms with van der Waals surface area (Å²) in [4.78, 5) is 44.3. The van der Waals surface area contributed by atoms with Gasteiger partial charge in [-0.3, -0.25) is 14.5 Å². The van der Waals surface area contributed by atoms with Crippen LogP contribution >= 0.6 is 11.3 Å². The molecule has 2 N–H and O–H groups in total. The smallest absolute Gasteiger partial charge is 0.410 e. The van der Waals surface area contributed by atoms with Crippen molar-refractivity contribution < 1.29 is 19.1 Å². The Morgan fingerprint density at radius 3 is 2.63 bits per heavy atom. The summed E-state index contributed by atoms with van der Waals surface area (Å²) in [5.41, 5.74) is 2.55. The lowest BCUT2D eigenvalue weighted by Crippen LogP contribution is -2.43. The van der Waals surface area contributed by atoms with Crippen LogP contribution in [0.5, 0.6) is 0 Å². The first-order chi connectivity index (χ1) is 17.1. The number of likely N-dealkylation sites (tertiary alicyclic amines) is 1. The second-order valence-electron chi connectivity index (χ2n) is 8.75. The highest BCUT2D eigenvalue weighted by atomic mass is 32.1. The van der Waals surface area contributed by atoms with Crippen molar-refractivity contribution in [3.63, 3.8) is 0 Å². The van der Waals surface area contributed by atoms with E-state index in [1.165, 1.54) is 16.2 Å². The molecule has 0 spiro atoms. The number of anilines is 2. The van der Waals surface area contributed by atoms with Crippen molar-refractivity contribution in [1.82, 2.24) is 9.88 Å². The van der Waals surface area contributed by atoms with Crippen LogP contribution < -0.4 is 10.6 Å². The average molecular weight is 491 g/mol. The van der Waals surface area contributed by atoms with Gasteiger partial charge in [0.15, 0.2) is 5.13 Å². The minimum absolute atomic E-state index is 0.0582. The molecule has 5 rings (SSSR count). The van der Waals surface area contributed by atoms with Crippen LogP contribution in [0, 0.1) is 5.92 Å². The third-order valence-corrected chi connectivity index (χ3v) is 7.06. The third kappa shape index (κ3) is 5.68. The van der Waals surface area contributed by atoms with Crippen LogP contribution in [0.4, 0.5) is 15.6 Å². The van der Waals surface area contributed by atoms with Gasteiger partial charge in [-0.15, -0.1) is 0 Å². The minimum Gasteiger partial charge on any atom is -0.445 e. The number of nitrogens with one attached hydrogen (secondary N) is 2. The van der Waals surface area contributed by atoms with Gasteiger partial charge in [-0.2, -0.15) is 0 Å². The van der Waals surface area contributed by atoms with Crippen molar-refractivity contribution >= 4 is 40.1 Å². The third-order valence-electron chi connectivity index (χ3n) is 6.09. The summed E-state index contributed by atoms with van der Waals surface area (Å²) < 4.78 is 5.43. The number of carbonyl (C=O) groups excluding carboxylic acids is 3. The molecule has 1 atom stereocenters. The number of thiazole rings is 1. The Balaban J connectivity index is 1.19. The molecule has 3 aromatic rings. The molecule has 2 fully saturated rings. The van der Waals surface area contributed by atoms with E-state index in [0.29, 0.717) is 18.1 Å². The molecule has 9 heteroatoms. The Labute approximate surface area is 207 Å². The van der Waals surface area contributed by atoms with Gasteiger partial charge in [-0.05, 0) is 48.9 Å². The summed E-state index contributed by atoms with van der Waals surface area (Å²) in [6, 6.07) is 16.4. The first kappa shape index (κ1) is 23.0. The molecule has 8 nitrogen and oxygen atoms in total. The molecule has 3 amide bonds. The van der Waals surface area contributed by atoms with E-state index in [4.69, 9.17) is 4.74 Å². The van der Waals surface area contributed by atoms with E-state index in [1.807, 2.05) is 54.6 Å². The number of hydrogen-bond acceptors (Lipinski definition) is 6. The predicted molar refractivity (Wildman–Crippen MR) is 134 cm³/mol. The fraction of sp³-hybridized carbons (Fsp3) is 0.308. The summed E-state index contributed by atoms with van der Waals surface area (Å²) >= 11 is 1.35. The zero-order valence-electron chi connectivity index (χ0n) is 19.1. The van der Waals surface area contributed by atoms with Gasteiger partial charge >= 0.3 is 6.09 Å². The normalized spacial score (nSPS) is 17.1. The van der Waals surface area contributed by atoms with Crippen LogP contribution in [-0.2, 0) is 20.9 Å². The zero-order valence-corrected chi connectivity index (χ0v) is 19.9. The number of ether oxygens (including phenoxy) is 1. The Kier molecular flexibility index (Phi) is 6.76. The van der Waals surface area contributed by atoms with Gasteiger partial charge in [-0.1, -0.05) is 53.8 Å². The first-order valence-corrected chi connectivity index (χ1v) is 12.5. The number of aromatic nitrogens is 1. The molecule has 0 radical (unpaired) electrons. The number of hydrogen-bond donors (Lipinski definition) is 2. The number of rotatable bonds is 7. The van der Waals surface area contributed by atoms with E-state index < -0.39 is 12.1 Å². The highest BCUT2D eigenvalue weighted by Gasteiger charge is 2.35.